The van der Waals surface area contributed by atoms with Crippen molar-refractivity contribution in [2.24, 2.45) is 0 Å². The van der Waals surface area contributed by atoms with Gasteiger partial charge in [-0.05, 0) is 6.42 Å². The smallest absolute Gasteiger partial charge is 0.164 e. The molecule has 0 aromatic rings. The van der Waals surface area contributed by atoms with Gasteiger partial charge in [0.2, 0.25) is 0 Å². The van der Waals surface area contributed by atoms with Gasteiger partial charge in [0.25, 0.3) is 0 Å². The maximum atomic E-state index is 9.03. The van der Waals surface area contributed by atoms with Crippen molar-refractivity contribution in [1.82, 2.24) is 0 Å². The molecule has 0 amide bonds. The van der Waals surface area contributed by atoms with E-state index in [0.29, 0.717) is 6.42 Å². The van der Waals surface area contributed by atoms with Gasteiger partial charge in [-0.15, -0.1) is 0 Å². The molecule has 4 heteroatoms. The second-order valence-corrected chi connectivity index (χ2v) is 3.18. The Balaban J connectivity index is 1.72. The molecule has 2 fully saturated rings. The minimum Gasteiger partial charge on any atom is -0.368 e. The molecule has 3 unspecified atom stereocenters. The molecule has 12 heavy (non-hydrogen) atoms. The summed E-state index contributed by atoms with van der Waals surface area (Å²) < 4.78 is 15.8. The molecule has 0 aromatic heterocycles. The van der Waals surface area contributed by atoms with Gasteiger partial charge in [-0.3, -0.25) is 0 Å². The Morgan fingerprint density at radius 2 is 2.08 bits per heavy atom. The lowest BCUT2D eigenvalue weighted by atomic mass is 10.3. The number of rotatable bonds is 2. The number of hydrogen-bond acceptors (Lipinski definition) is 4. The molecule has 2 aliphatic rings. The fourth-order valence-electron chi connectivity index (χ4n) is 1.51. The maximum absolute atomic E-state index is 9.03. The highest BCUT2D eigenvalue weighted by Crippen LogP contribution is 2.23. The van der Waals surface area contributed by atoms with Gasteiger partial charge in [-0.1, -0.05) is 0 Å². The second kappa shape index (κ2) is 3.70. The molecule has 0 bridgehead atoms. The predicted molar refractivity (Wildman–Crippen MR) is 40.2 cm³/mol. The summed E-state index contributed by atoms with van der Waals surface area (Å²) in [6.45, 7) is 0.778. The number of ether oxygens (including phenoxy) is 3. The van der Waals surface area contributed by atoms with Crippen molar-refractivity contribution in [2.45, 2.75) is 44.6 Å². The molecule has 3 atom stereocenters. The summed E-state index contributed by atoms with van der Waals surface area (Å²) in [6, 6.07) is 0. The Morgan fingerprint density at radius 3 is 2.67 bits per heavy atom. The van der Waals surface area contributed by atoms with Gasteiger partial charge in [-0.2, -0.15) is 0 Å². The van der Waals surface area contributed by atoms with Crippen LogP contribution in [-0.4, -0.2) is 30.6 Å². The number of aliphatic hydroxyl groups is 1. The summed E-state index contributed by atoms with van der Waals surface area (Å²) in [6.07, 6.45) is 2.41. The molecule has 4 nitrogen and oxygen atoms in total. The maximum Gasteiger partial charge on any atom is 0.164 e. The van der Waals surface area contributed by atoms with Gasteiger partial charge in [0.1, 0.15) is 0 Å². The second-order valence-electron chi connectivity index (χ2n) is 3.18. The van der Waals surface area contributed by atoms with Gasteiger partial charge in [0.05, 0.1) is 0 Å². The van der Waals surface area contributed by atoms with E-state index in [0.717, 1.165) is 25.9 Å². The molecule has 0 spiro atoms. The highest BCUT2D eigenvalue weighted by molar-refractivity contribution is 4.61. The standard InChI is InChI=1S/C8H14O4/c9-6-3-4-8(11-6)12-7-2-1-5-10-7/h6-9H,1-5H2. The summed E-state index contributed by atoms with van der Waals surface area (Å²) in [5.74, 6) is 0. The molecule has 0 radical (unpaired) electrons. The fraction of sp³-hybridized carbons (Fsp3) is 1.00. The van der Waals surface area contributed by atoms with Crippen molar-refractivity contribution in [1.29, 1.82) is 0 Å². The monoisotopic (exact) mass is 174 g/mol. The van der Waals surface area contributed by atoms with Crippen LogP contribution in [-0.2, 0) is 14.2 Å². The minimum atomic E-state index is -0.642. The van der Waals surface area contributed by atoms with Crippen molar-refractivity contribution in [3.05, 3.63) is 0 Å². The normalized spacial score (nSPS) is 42.2. The topological polar surface area (TPSA) is 47.9 Å². The Labute approximate surface area is 71.4 Å². The van der Waals surface area contributed by atoms with Crippen LogP contribution in [0.5, 0.6) is 0 Å². The van der Waals surface area contributed by atoms with Crippen LogP contribution in [0.1, 0.15) is 25.7 Å². The first kappa shape index (κ1) is 8.44. The Morgan fingerprint density at radius 1 is 1.17 bits per heavy atom. The average molecular weight is 174 g/mol. The van der Waals surface area contributed by atoms with Crippen LogP contribution in [0.4, 0.5) is 0 Å². The molecular formula is C8H14O4. The van der Waals surface area contributed by atoms with E-state index in [2.05, 4.69) is 0 Å². The lowest BCUT2D eigenvalue weighted by Gasteiger charge is -2.16. The first-order chi connectivity index (χ1) is 5.84. The molecule has 70 valence electrons. The molecular weight excluding hydrogens is 160 g/mol. The van der Waals surface area contributed by atoms with Crippen molar-refractivity contribution in [3.63, 3.8) is 0 Å². The van der Waals surface area contributed by atoms with Crippen LogP contribution in [0.3, 0.4) is 0 Å². The third-order valence-corrected chi connectivity index (χ3v) is 2.15. The van der Waals surface area contributed by atoms with Crippen LogP contribution >= 0.6 is 0 Å². The van der Waals surface area contributed by atoms with E-state index in [4.69, 9.17) is 19.3 Å². The number of hydrogen-bond donors (Lipinski definition) is 1. The van der Waals surface area contributed by atoms with E-state index in [1.54, 1.807) is 0 Å². The lowest BCUT2D eigenvalue weighted by molar-refractivity contribution is -0.246. The summed E-state index contributed by atoms with van der Waals surface area (Å²) in [5.41, 5.74) is 0. The summed E-state index contributed by atoms with van der Waals surface area (Å²) >= 11 is 0. The van der Waals surface area contributed by atoms with E-state index in [-0.39, 0.29) is 12.6 Å². The van der Waals surface area contributed by atoms with Gasteiger partial charge in [-0.25, -0.2) is 0 Å². The molecule has 2 saturated heterocycles. The van der Waals surface area contributed by atoms with Crippen LogP contribution in [0.15, 0.2) is 0 Å². The third kappa shape index (κ3) is 1.95. The highest BCUT2D eigenvalue weighted by Gasteiger charge is 2.28. The molecule has 2 rings (SSSR count). The molecule has 0 aromatic carbocycles. The third-order valence-electron chi connectivity index (χ3n) is 2.15. The van der Waals surface area contributed by atoms with Gasteiger partial charge in [0, 0.05) is 25.9 Å². The minimum absolute atomic E-state index is 0.111. The largest absolute Gasteiger partial charge is 0.368 e. The molecule has 0 aliphatic carbocycles. The van der Waals surface area contributed by atoms with Crippen LogP contribution in [0.25, 0.3) is 0 Å². The number of aliphatic hydroxyl groups excluding tert-OH is 1. The van der Waals surface area contributed by atoms with Crippen molar-refractivity contribution in [2.75, 3.05) is 6.61 Å². The zero-order valence-electron chi connectivity index (χ0n) is 6.94. The van der Waals surface area contributed by atoms with E-state index < -0.39 is 6.29 Å². The van der Waals surface area contributed by atoms with E-state index in [1.807, 2.05) is 0 Å². The van der Waals surface area contributed by atoms with E-state index in [9.17, 15) is 0 Å². The SMILES string of the molecule is OC1CCC(OC2CCCO2)O1. The van der Waals surface area contributed by atoms with E-state index in [1.165, 1.54) is 0 Å². The van der Waals surface area contributed by atoms with Crippen molar-refractivity contribution < 1.29 is 19.3 Å². The lowest BCUT2D eigenvalue weighted by Crippen LogP contribution is -2.21. The van der Waals surface area contributed by atoms with Crippen LogP contribution < -0.4 is 0 Å². The Bertz CT molecular complexity index is 144. The zero-order valence-corrected chi connectivity index (χ0v) is 6.94. The van der Waals surface area contributed by atoms with Gasteiger partial charge >= 0.3 is 0 Å². The summed E-state index contributed by atoms with van der Waals surface area (Å²) in [4.78, 5) is 0. The average Bonchev–Trinajstić information content (AvgIpc) is 2.63. The van der Waals surface area contributed by atoms with Crippen molar-refractivity contribution >= 4 is 0 Å². The quantitative estimate of drug-likeness (QED) is 0.665. The van der Waals surface area contributed by atoms with Crippen LogP contribution in [0.2, 0.25) is 0 Å². The first-order valence-electron chi connectivity index (χ1n) is 4.45. The molecule has 0 saturated carbocycles. The van der Waals surface area contributed by atoms with Gasteiger partial charge in [0.15, 0.2) is 18.9 Å². The summed E-state index contributed by atoms with van der Waals surface area (Å²) in [7, 11) is 0. The zero-order chi connectivity index (χ0) is 8.39. The molecule has 2 heterocycles. The van der Waals surface area contributed by atoms with E-state index >= 15 is 0 Å². The summed E-state index contributed by atoms with van der Waals surface area (Å²) in [5, 5.41) is 9.03. The molecule has 1 N–H and O–H groups in total. The molecule has 2 aliphatic heterocycles. The van der Waals surface area contributed by atoms with Crippen molar-refractivity contribution in [3.8, 4) is 0 Å². The highest BCUT2D eigenvalue weighted by atomic mass is 16.8. The Hall–Kier alpha value is -0.160. The predicted octanol–water partition coefficient (Wildman–Crippen LogP) is 0.594. The first-order valence-corrected chi connectivity index (χ1v) is 4.45. The fourth-order valence-corrected chi connectivity index (χ4v) is 1.51. The van der Waals surface area contributed by atoms with Crippen LogP contribution in [0, 0.1) is 0 Å². The Kier molecular flexibility index (Phi) is 2.60. The van der Waals surface area contributed by atoms with Gasteiger partial charge < -0.3 is 19.3 Å².